The first-order chi connectivity index (χ1) is 5.41. The Morgan fingerprint density at radius 3 is 2.73 bits per heavy atom. The van der Waals surface area contributed by atoms with Gasteiger partial charge in [-0.25, -0.2) is 0 Å². The first-order valence-corrected chi connectivity index (χ1v) is 3.66. The average Bonchev–Trinajstić information content (AvgIpc) is 2.03. The number of hydrogen-bond acceptors (Lipinski definition) is 3. The number of hydrogen-bond donors (Lipinski definition) is 0. The van der Waals surface area contributed by atoms with Crippen LogP contribution in [0.3, 0.4) is 0 Å². The number of carbonyl (C=O) groups excluding carboxylic acids is 1. The molecule has 0 aliphatic rings. The zero-order valence-corrected chi connectivity index (χ0v) is 6.79. The van der Waals surface area contributed by atoms with Gasteiger partial charge in [-0.15, -0.1) is 0 Å². The van der Waals surface area contributed by atoms with E-state index in [-0.39, 0.29) is 0 Å². The maximum atomic E-state index is 9.82. The SMILES string of the molecule is CCOCOCC=CCC=O. The Morgan fingerprint density at radius 1 is 1.27 bits per heavy atom. The van der Waals surface area contributed by atoms with Crippen molar-refractivity contribution < 1.29 is 14.3 Å². The Kier molecular flexibility index (Phi) is 8.76. The van der Waals surface area contributed by atoms with Crippen LogP contribution in [0.2, 0.25) is 0 Å². The fraction of sp³-hybridized carbons (Fsp3) is 0.625. The molecule has 0 spiro atoms. The van der Waals surface area contributed by atoms with Crippen LogP contribution >= 0.6 is 0 Å². The van der Waals surface area contributed by atoms with Crippen LogP contribution in [0, 0.1) is 0 Å². The lowest BCUT2D eigenvalue weighted by molar-refractivity contribution is -0.107. The van der Waals surface area contributed by atoms with Crippen molar-refractivity contribution in [1.82, 2.24) is 0 Å². The maximum Gasteiger partial charge on any atom is 0.147 e. The van der Waals surface area contributed by atoms with E-state index in [2.05, 4.69) is 0 Å². The summed E-state index contributed by atoms with van der Waals surface area (Å²) in [6, 6.07) is 0. The predicted octanol–water partition coefficient (Wildman–Crippen LogP) is 1.14. The second kappa shape index (κ2) is 9.33. The zero-order chi connectivity index (χ0) is 8.36. The van der Waals surface area contributed by atoms with Crippen LogP contribution in [-0.4, -0.2) is 26.3 Å². The van der Waals surface area contributed by atoms with E-state index in [1.807, 2.05) is 6.92 Å². The fourth-order valence-electron chi connectivity index (χ4n) is 0.478. The highest BCUT2D eigenvalue weighted by Gasteiger charge is 1.80. The molecule has 64 valence electrons. The molecule has 0 amide bonds. The molecule has 0 bridgehead atoms. The predicted molar refractivity (Wildman–Crippen MR) is 42.3 cm³/mol. The highest BCUT2D eigenvalue weighted by atomic mass is 16.7. The minimum atomic E-state index is 0.321. The van der Waals surface area contributed by atoms with E-state index >= 15 is 0 Å². The molecule has 0 saturated heterocycles. The van der Waals surface area contributed by atoms with E-state index in [4.69, 9.17) is 9.47 Å². The molecule has 0 aromatic heterocycles. The largest absolute Gasteiger partial charge is 0.356 e. The standard InChI is InChI=1S/C8H14O3/c1-2-10-8-11-7-5-3-4-6-9/h3,5-6H,2,4,7-8H2,1H3. The summed E-state index contributed by atoms with van der Waals surface area (Å²) in [5, 5.41) is 0. The Balaban J connectivity index is 2.94. The summed E-state index contributed by atoms with van der Waals surface area (Å²) in [5.41, 5.74) is 0. The van der Waals surface area contributed by atoms with Gasteiger partial charge in [-0.1, -0.05) is 12.2 Å². The minimum absolute atomic E-state index is 0.321. The van der Waals surface area contributed by atoms with E-state index in [9.17, 15) is 4.79 Å². The Morgan fingerprint density at radius 2 is 2.09 bits per heavy atom. The molecule has 3 heteroatoms. The van der Waals surface area contributed by atoms with Crippen molar-refractivity contribution in [2.75, 3.05) is 20.0 Å². The number of aldehydes is 1. The van der Waals surface area contributed by atoms with Crippen molar-refractivity contribution in [3.05, 3.63) is 12.2 Å². The van der Waals surface area contributed by atoms with Gasteiger partial charge in [-0.2, -0.15) is 0 Å². The van der Waals surface area contributed by atoms with Gasteiger partial charge in [-0.05, 0) is 6.92 Å². The van der Waals surface area contributed by atoms with E-state index in [0.29, 0.717) is 26.4 Å². The molecule has 11 heavy (non-hydrogen) atoms. The van der Waals surface area contributed by atoms with Crippen molar-refractivity contribution in [2.45, 2.75) is 13.3 Å². The number of allylic oxidation sites excluding steroid dienone is 1. The van der Waals surface area contributed by atoms with Crippen LogP contribution in [0.4, 0.5) is 0 Å². The molecule has 0 aliphatic carbocycles. The quantitative estimate of drug-likeness (QED) is 0.241. The summed E-state index contributed by atoms with van der Waals surface area (Å²) in [5.74, 6) is 0. The summed E-state index contributed by atoms with van der Waals surface area (Å²) in [4.78, 5) is 9.82. The molecule has 0 aromatic carbocycles. The number of carbonyl (C=O) groups is 1. The lowest BCUT2D eigenvalue weighted by Gasteiger charge is -1.98. The highest BCUT2D eigenvalue weighted by molar-refractivity contribution is 5.51. The molecular formula is C8H14O3. The van der Waals surface area contributed by atoms with E-state index < -0.39 is 0 Å². The summed E-state index contributed by atoms with van der Waals surface area (Å²) in [7, 11) is 0. The van der Waals surface area contributed by atoms with E-state index in [1.165, 1.54) is 0 Å². The normalized spacial score (nSPS) is 10.6. The Bertz CT molecular complexity index is 110. The zero-order valence-electron chi connectivity index (χ0n) is 6.79. The van der Waals surface area contributed by atoms with Gasteiger partial charge in [0.1, 0.15) is 13.1 Å². The second-order valence-corrected chi connectivity index (χ2v) is 1.86. The summed E-state index contributed by atoms with van der Waals surface area (Å²) < 4.78 is 9.91. The van der Waals surface area contributed by atoms with Gasteiger partial charge in [-0.3, -0.25) is 0 Å². The summed E-state index contributed by atoms with van der Waals surface area (Å²) in [6.07, 6.45) is 4.86. The first-order valence-electron chi connectivity index (χ1n) is 3.66. The lowest BCUT2D eigenvalue weighted by atomic mass is 10.4. The smallest absolute Gasteiger partial charge is 0.147 e. The van der Waals surface area contributed by atoms with Gasteiger partial charge in [0, 0.05) is 13.0 Å². The molecule has 0 aliphatic heterocycles. The minimum Gasteiger partial charge on any atom is -0.356 e. The van der Waals surface area contributed by atoms with Crippen LogP contribution in [0.15, 0.2) is 12.2 Å². The third kappa shape index (κ3) is 9.33. The van der Waals surface area contributed by atoms with Crippen LogP contribution in [0.1, 0.15) is 13.3 Å². The molecule has 0 radical (unpaired) electrons. The molecule has 0 aromatic rings. The van der Waals surface area contributed by atoms with E-state index in [0.717, 1.165) is 6.29 Å². The number of ether oxygens (including phenoxy) is 2. The summed E-state index contributed by atoms with van der Waals surface area (Å²) >= 11 is 0. The van der Waals surface area contributed by atoms with Crippen LogP contribution in [0.25, 0.3) is 0 Å². The van der Waals surface area contributed by atoms with Crippen molar-refractivity contribution in [1.29, 1.82) is 0 Å². The van der Waals surface area contributed by atoms with Gasteiger partial charge in [0.25, 0.3) is 0 Å². The highest BCUT2D eigenvalue weighted by Crippen LogP contribution is 1.81. The average molecular weight is 158 g/mol. The van der Waals surface area contributed by atoms with Gasteiger partial charge in [0.05, 0.1) is 6.61 Å². The van der Waals surface area contributed by atoms with Gasteiger partial charge < -0.3 is 14.3 Å². The Hall–Kier alpha value is -0.670. The third-order valence-corrected chi connectivity index (χ3v) is 0.984. The molecule has 0 rings (SSSR count). The molecule has 0 saturated carbocycles. The van der Waals surface area contributed by atoms with Crippen molar-refractivity contribution in [3.63, 3.8) is 0 Å². The monoisotopic (exact) mass is 158 g/mol. The molecule has 0 heterocycles. The van der Waals surface area contributed by atoms with Crippen molar-refractivity contribution >= 4 is 6.29 Å². The third-order valence-electron chi connectivity index (χ3n) is 0.984. The second-order valence-electron chi connectivity index (χ2n) is 1.86. The van der Waals surface area contributed by atoms with Crippen LogP contribution in [0.5, 0.6) is 0 Å². The van der Waals surface area contributed by atoms with Gasteiger partial charge in [0.2, 0.25) is 0 Å². The maximum absolute atomic E-state index is 9.82. The topological polar surface area (TPSA) is 35.5 Å². The first kappa shape index (κ1) is 10.3. The van der Waals surface area contributed by atoms with Crippen LogP contribution < -0.4 is 0 Å². The fourth-order valence-corrected chi connectivity index (χ4v) is 0.478. The molecular weight excluding hydrogens is 144 g/mol. The van der Waals surface area contributed by atoms with Gasteiger partial charge in [0.15, 0.2) is 0 Å². The van der Waals surface area contributed by atoms with Crippen LogP contribution in [-0.2, 0) is 14.3 Å². The molecule has 3 nitrogen and oxygen atoms in total. The molecule has 0 fully saturated rings. The Labute approximate surface area is 67.0 Å². The molecule has 0 atom stereocenters. The van der Waals surface area contributed by atoms with Gasteiger partial charge >= 0.3 is 0 Å². The number of rotatable bonds is 7. The summed E-state index contributed by atoms with van der Waals surface area (Å²) in [6.45, 7) is 3.40. The molecule has 0 N–H and O–H groups in total. The van der Waals surface area contributed by atoms with E-state index in [1.54, 1.807) is 12.2 Å². The van der Waals surface area contributed by atoms with Crippen molar-refractivity contribution in [2.24, 2.45) is 0 Å². The lowest BCUT2D eigenvalue weighted by Crippen LogP contribution is -1.98. The van der Waals surface area contributed by atoms with Crippen molar-refractivity contribution in [3.8, 4) is 0 Å². The molecule has 0 unspecified atom stereocenters.